The number of carbonyl (C=O) groups excluding carboxylic acids is 2. The van der Waals surface area contributed by atoms with Crippen molar-refractivity contribution in [3.63, 3.8) is 0 Å². The van der Waals surface area contributed by atoms with Gasteiger partial charge in [-0.3, -0.25) is 15.1 Å². The van der Waals surface area contributed by atoms with Crippen molar-refractivity contribution < 1.29 is 9.59 Å². The first-order chi connectivity index (χ1) is 13.6. The van der Waals surface area contributed by atoms with Crippen LogP contribution in [0.15, 0.2) is 60.0 Å². The molecular formula is C19H20N6O2S. The molecule has 0 saturated heterocycles. The Morgan fingerprint density at radius 1 is 1.11 bits per heavy atom. The molecule has 0 radical (unpaired) electrons. The average molecular weight is 396 g/mol. The van der Waals surface area contributed by atoms with E-state index >= 15 is 0 Å². The van der Waals surface area contributed by atoms with E-state index in [2.05, 4.69) is 25.8 Å². The van der Waals surface area contributed by atoms with Crippen molar-refractivity contribution in [1.82, 2.24) is 30.4 Å². The fraction of sp³-hybridized carbons (Fsp3) is 0.211. The molecule has 0 spiro atoms. The van der Waals surface area contributed by atoms with Crippen molar-refractivity contribution in [1.29, 1.82) is 0 Å². The van der Waals surface area contributed by atoms with Gasteiger partial charge in [-0.1, -0.05) is 42.1 Å². The van der Waals surface area contributed by atoms with Crippen LogP contribution in [0.3, 0.4) is 0 Å². The monoisotopic (exact) mass is 396 g/mol. The van der Waals surface area contributed by atoms with Gasteiger partial charge in [-0.05, 0) is 24.6 Å². The minimum absolute atomic E-state index is 0.421. The first-order valence-electron chi connectivity index (χ1n) is 8.70. The SMILES string of the molecule is CCNC(=O)NC(=O)[C@H](Sc1nnc(-c2ccncc2)n1C)c1ccccc1. The lowest BCUT2D eigenvalue weighted by Gasteiger charge is -2.16. The van der Waals surface area contributed by atoms with Crippen LogP contribution in [0.2, 0.25) is 0 Å². The Morgan fingerprint density at radius 3 is 2.50 bits per heavy atom. The van der Waals surface area contributed by atoms with Crippen LogP contribution < -0.4 is 10.6 Å². The zero-order chi connectivity index (χ0) is 19.9. The molecule has 28 heavy (non-hydrogen) atoms. The van der Waals surface area contributed by atoms with E-state index in [1.807, 2.05) is 54.1 Å². The zero-order valence-corrected chi connectivity index (χ0v) is 16.3. The molecule has 0 aliphatic heterocycles. The number of urea groups is 1. The lowest BCUT2D eigenvalue weighted by Crippen LogP contribution is -2.41. The molecule has 9 heteroatoms. The molecule has 3 aromatic rings. The Kier molecular flexibility index (Phi) is 6.38. The van der Waals surface area contributed by atoms with E-state index in [0.717, 1.165) is 11.1 Å². The third kappa shape index (κ3) is 4.55. The molecule has 8 nitrogen and oxygen atoms in total. The average Bonchev–Trinajstić information content (AvgIpc) is 3.07. The van der Waals surface area contributed by atoms with Crippen LogP contribution in [-0.4, -0.2) is 38.2 Å². The van der Waals surface area contributed by atoms with Gasteiger partial charge >= 0.3 is 6.03 Å². The van der Waals surface area contributed by atoms with E-state index < -0.39 is 17.2 Å². The van der Waals surface area contributed by atoms with Crippen LogP contribution in [0.25, 0.3) is 11.4 Å². The second kappa shape index (κ2) is 9.14. The predicted molar refractivity (Wildman–Crippen MR) is 106 cm³/mol. The highest BCUT2D eigenvalue weighted by Gasteiger charge is 2.26. The first kappa shape index (κ1) is 19.6. The number of amides is 3. The number of pyridine rings is 1. The summed E-state index contributed by atoms with van der Waals surface area (Å²) in [5, 5.41) is 13.3. The summed E-state index contributed by atoms with van der Waals surface area (Å²) in [4.78, 5) is 28.6. The maximum Gasteiger partial charge on any atom is 0.321 e. The standard InChI is InChI=1S/C19H20N6O2S/c1-3-21-18(27)22-17(26)15(13-7-5-4-6-8-13)28-19-24-23-16(25(19)2)14-9-11-20-12-10-14/h4-12,15H,3H2,1-2H3,(H2,21,22,26,27)/t15-/m1/s1. The van der Waals surface area contributed by atoms with Crippen LogP contribution >= 0.6 is 11.8 Å². The maximum atomic E-state index is 12.8. The van der Waals surface area contributed by atoms with Gasteiger partial charge in [0.25, 0.3) is 0 Å². The number of nitrogens with one attached hydrogen (secondary N) is 2. The number of rotatable bonds is 6. The second-order valence-electron chi connectivity index (χ2n) is 5.86. The zero-order valence-electron chi connectivity index (χ0n) is 15.5. The molecule has 2 heterocycles. The second-order valence-corrected chi connectivity index (χ2v) is 6.93. The molecule has 0 saturated carbocycles. The van der Waals surface area contributed by atoms with Gasteiger partial charge in [-0.2, -0.15) is 0 Å². The highest BCUT2D eigenvalue weighted by Crippen LogP contribution is 2.35. The van der Waals surface area contributed by atoms with Crippen LogP contribution in [-0.2, 0) is 11.8 Å². The number of nitrogens with zero attached hydrogens (tertiary/aromatic N) is 4. The van der Waals surface area contributed by atoms with Crippen molar-refractivity contribution in [2.75, 3.05) is 6.54 Å². The van der Waals surface area contributed by atoms with Crippen molar-refractivity contribution in [2.24, 2.45) is 7.05 Å². The van der Waals surface area contributed by atoms with Crippen molar-refractivity contribution in [2.45, 2.75) is 17.3 Å². The molecule has 0 fully saturated rings. The number of imide groups is 1. The van der Waals surface area contributed by atoms with Gasteiger partial charge in [0.1, 0.15) is 5.25 Å². The van der Waals surface area contributed by atoms with Crippen molar-refractivity contribution >= 4 is 23.7 Å². The number of carbonyl (C=O) groups is 2. The van der Waals surface area contributed by atoms with Gasteiger partial charge in [-0.15, -0.1) is 10.2 Å². The fourth-order valence-corrected chi connectivity index (χ4v) is 3.56. The van der Waals surface area contributed by atoms with Gasteiger partial charge in [0.2, 0.25) is 5.91 Å². The Hall–Kier alpha value is -3.20. The van der Waals surface area contributed by atoms with Crippen LogP contribution in [0.4, 0.5) is 4.79 Å². The maximum absolute atomic E-state index is 12.8. The molecule has 0 aliphatic carbocycles. The molecule has 0 bridgehead atoms. The summed E-state index contributed by atoms with van der Waals surface area (Å²) >= 11 is 1.23. The van der Waals surface area contributed by atoms with Gasteiger partial charge in [0.05, 0.1) is 0 Å². The number of thioether (sulfide) groups is 1. The Bertz CT molecular complexity index is 946. The summed E-state index contributed by atoms with van der Waals surface area (Å²) in [6, 6.07) is 12.4. The summed E-state index contributed by atoms with van der Waals surface area (Å²) in [5.74, 6) is 0.247. The normalized spacial score (nSPS) is 11.6. The minimum atomic E-state index is -0.656. The number of aromatic nitrogens is 4. The van der Waals surface area contributed by atoms with E-state index in [-0.39, 0.29) is 0 Å². The predicted octanol–water partition coefficient (Wildman–Crippen LogP) is 2.56. The lowest BCUT2D eigenvalue weighted by atomic mass is 10.1. The molecule has 0 aliphatic rings. The molecule has 0 unspecified atom stereocenters. The van der Waals surface area contributed by atoms with E-state index in [9.17, 15) is 9.59 Å². The molecule has 3 rings (SSSR count). The fourth-order valence-electron chi connectivity index (χ4n) is 2.56. The number of hydrogen-bond donors (Lipinski definition) is 2. The molecular weight excluding hydrogens is 376 g/mol. The minimum Gasteiger partial charge on any atom is -0.338 e. The smallest absolute Gasteiger partial charge is 0.321 e. The van der Waals surface area contributed by atoms with Crippen LogP contribution in [0.5, 0.6) is 0 Å². The lowest BCUT2D eigenvalue weighted by molar-refractivity contribution is -0.119. The highest BCUT2D eigenvalue weighted by molar-refractivity contribution is 8.00. The molecule has 2 aromatic heterocycles. The Balaban J connectivity index is 1.87. The largest absolute Gasteiger partial charge is 0.338 e. The molecule has 144 valence electrons. The van der Waals surface area contributed by atoms with Crippen LogP contribution in [0, 0.1) is 0 Å². The topological polar surface area (TPSA) is 102 Å². The van der Waals surface area contributed by atoms with Crippen LogP contribution in [0.1, 0.15) is 17.7 Å². The van der Waals surface area contributed by atoms with Gasteiger partial charge < -0.3 is 9.88 Å². The molecule has 2 N–H and O–H groups in total. The summed E-state index contributed by atoms with van der Waals surface area (Å²) in [6.45, 7) is 2.22. The number of benzene rings is 1. The summed E-state index contributed by atoms with van der Waals surface area (Å²) in [7, 11) is 1.84. The molecule has 3 amide bonds. The number of hydrogen-bond acceptors (Lipinski definition) is 6. The van der Waals surface area contributed by atoms with Gasteiger partial charge in [0, 0.05) is 31.5 Å². The first-order valence-corrected chi connectivity index (χ1v) is 9.58. The third-order valence-electron chi connectivity index (χ3n) is 3.91. The van der Waals surface area contributed by atoms with E-state index in [0.29, 0.717) is 17.5 Å². The van der Waals surface area contributed by atoms with Crippen molar-refractivity contribution in [3.8, 4) is 11.4 Å². The van der Waals surface area contributed by atoms with E-state index in [4.69, 9.17) is 0 Å². The van der Waals surface area contributed by atoms with Gasteiger partial charge in [-0.25, -0.2) is 4.79 Å². The van der Waals surface area contributed by atoms with Crippen molar-refractivity contribution in [3.05, 3.63) is 60.4 Å². The quantitative estimate of drug-likeness (QED) is 0.621. The molecule has 1 aromatic carbocycles. The Labute approximate surface area is 166 Å². The third-order valence-corrected chi connectivity index (χ3v) is 5.20. The highest BCUT2D eigenvalue weighted by atomic mass is 32.2. The van der Waals surface area contributed by atoms with E-state index in [1.165, 1.54) is 11.8 Å². The Morgan fingerprint density at radius 2 is 1.82 bits per heavy atom. The van der Waals surface area contributed by atoms with Gasteiger partial charge in [0.15, 0.2) is 11.0 Å². The summed E-state index contributed by atoms with van der Waals surface area (Å²) in [5.41, 5.74) is 1.64. The summed E-state index contributed by atoms with van der Waals surface area (Å²) < 4.78 is 1.81. The molecule has 1 atom stereocenters. The summed E-state index contributed by atoms with van der Waals surface area (Å²) in [6.07, 6.45) is 3.37. The van der Waals surface area contributed by atoms with E-state index in [1.54, 1.807) is 19.3 Å².